The highest BCUT2D eigenvalue weighted by Gasteiger charge is 0.934. The fourth-order valence-corrected chi connectivity index (χ4v) is 0. The van der Waals surface area contributed by atoms with Crippen molar-refractivity contribution in [3.63, 3.8) is 0 Å². The number of hydrogen-bond donors (Lipinski definition) is 2. The average molecular weight is 122 g/mol. The van der Waals surface area contributed by atoms with Crippen molar-refractivity contribution in [2.24, 2.45) is 11.5 Å². The third-order valence-electron chi connectivity index (χ3n) is 0. The zero-order chi connectivity index (χ0) is 8.00. The van der Waals surface area contributed by atoms with Gasteiger partial charge in [0, 0.05) is 0 Å². The van der Waals surface area contributed by atoms with Crippen LogP contribution in [-0.4, -0.2) is 14.1 Å². The second-order valence-electron chi connectivity index (χ2n) is 0. The lowest BCUT2D eigenvalue weighted by atomic mass is 11.0. The summed E-state index contributed by atoms with van der Waals surface area (Å²) in [6.07, 6.45) is 0. The van der Waals surface area contributed by atoms with E-state index < -0.39 is 0 Å². The quantitative estimate of drug-likeness (QED) is 0.507. The number of nitrogens with two attached hydrogens (primary N) is 2. The van der Waals surface area contributed by atoms with Gasteiger partial charge in [-0.25, -0.2) is 0 Å². The van der Waals surface area contributed by atoms with Gasteiger partial charge in [0.1, 0.15) is 0 Å². The zero-order valence-corrected chi connectivity index (χ0v) is 7.15. The third-order valence-corrected chi connectivity index (χ3v) is 0. The van der Waals surface area contributed by atoms with Crippen LogP contribution in [0, 0.1) is 0 Å². The summed E-state index contributed by atoms with van der Waals surface area (Å²) in [7, 11) is 3.00. The Morgan fingerprint density at radius 1 is 0.500 bits per heavy atom. The van der Waals surface area contributed by atoms with Crippen molar-refractivity contribution in [3.05, 3.63) is 0 Å². The highest BCUT2D eigenvalue weighted by Crippen LogP contribution is 1.15. The van der Waals surface area contributed by atoms with E-state index in [1.54, 1.807) is 0 Å². The molecular weight excluding hydrogens is 100 g/mol. The Labute approximate surface area is 54.3 Å². The van der Waals surface area contributed by atoms with Crippen LogP contribution in [0.5, 0.6) is 0 Å². The van der Waals surface area contributed by atoms with Crippen molar-refractivity contribution in [1.82, 2.24) is 0 Å². The standard InChI is InChI=1S/2C2H6.2CH5N/c4*1-2/h2*1-2H3;2*2H2,1H3. The van der Waals surface area contributed by atoms with Crippen molar-refractivity contribution in [2.45, 2.75) is 27.7 Å². The first-order valence-electron chi connectivity index (χ1n) is 3.15. The maximum atomic E-state index is 4.50. The first kappa shape index (κ1) is 24.7. The summed E-state index contributed by atoms with van der Waals surface area (Å²) < 4.78 is 0. The lowest BCUT2D eigenvalue weighted by Crippen LogP contribution is -1.69. The van der Waals surface area contributed by atoms with Crippen LogP contribution in [0.4, 0.5) is 0 Å². The van der Waals surface area contributed by atoms with Crippen molar-refractivity contribution in [3.8, 4) is 0 Å². The van der Waals surface area contributed by atoms with E-state index in [0.29, 0.717) is 0 Å². The molecule has 0 saturated carbocycles. The first-order valence-corrected chi connectivity index (χ1v) is 3.15. The van der Waals surface area contributed by atoms with Crippen LogP contribution in [-0.2, 0) is 0 Å². The Hall–Kier alpha value is -0.0800. The Kier molecular flexibility index (Phi) is 117000. The minimum absolute atomic E-state index is 1.50. The average Bonchev–Trinajstić information content (AvgIpc) is 2.03. The highest BCUT2D eigenvalue weighted by atomic mass is 14.4. The SMILES string of the molecule is CC.CC.CN.CN. The van der Waals surface area contributed by atoms with E-state index in [2.05, 4.69) is 11.5 Å². The van der Waals surface area contributed by atoms with Gasteiger partial charge in [0.25, 0.3) is 0 Å². The van der Waals surface area contributed by atoms with Gasteiger partial charge < -0.3 is 11.5 Å². The van der Waals surface area contributed by atoms with Crippen molar-refractivity contribution in [2.75, 3.05) is 14.1 Å². The van der Waals surface area contributed by atoms with E-state index in [4.69, 9.17) is 0 Å². The summed E-state index contributed by atoms with van der Waals surface area (Å²) in [6.45, 7) is 8.00. The summed E-state index contributed by atoms with van der Waals surface area (Å²) in [5.74, 6) is 0. The lowest BCUT2D eigenvalue weighted by Gasteiger charge is -1.19. The van der Waals surface area contributed by atoms with Crippen LogP contribution in [0.2, 0.25) is 0 Å². The van der Waals surface area contributed by atoms with Gasteiger partial charge in [-0.2, -0.15) is 0 Å². The van der Waals surface area contributed by atoms with Gasteiger partial charge in [0.15, 0.2) is 0 Å². The molecule has 0 aliphatic heterocycles. The van der Waals surface area contributed by atoms with E-state index in [9.17, 15) is 0 Å². The molecule has 8 heavy (non-hydrogen) atoms. The molecule has 0 spiro atoms. The molecule has 0 saturated heterocycles. The predicted octanol–water partition coefficient (Wildman–Crippen LogP) is 1.20. The maximum absolute atomic E-state index is 4.50. The molecule has 0 amide bonds. The first-order chi connectivity index (χ1) is 4.00. The second-order valence-corrected chi connectivity index (χ2v) is 0. The molecule has 0 aliphatic carbocycles. The van der Waals surface area contributed by atoms with Crippen molar-refractivity contribution in [1.29, 1.82) is 0 Å². The number of rotatable bonds is 0. The minimum atomic E-state index is 1.50. The normalized spacial score (nSPS) is 3.00. The molecule has 0 heterocycles. The summed E-state index contributed by atoms with van der Waals surface area (Å²) in [4.78, 5) is 0. The van der Waals surface area contributed by atoms with E-state index in [1.807, 2.05) is 27.7 Å². The molecule has 0 aromatic rings. The Morgan fingerprint density at radius 3 is 0.500 bits per heavy atom. The maximum Gasteiger partial charge on any atom is -0.0195 e. The zero-order valence-electron chi connectivity index (χ0n) is 7.15. The van der Waals surface area contributed by atoms with Gasteiger partial charge in [0.2, 0.25) is 0 Å². The van der Waals surface area contributed by atoms with Gasteiger partial charge in [-0.1, -0.05) is 27.7 Å². The fraction of sp³-hybridized carbons (Fsp3) is 1.00. The van der Waals surface area contributed by atoms with Crippen LogP contribution >= 0.6 is 0 Å². The van der Waals surface area contributed by atoms with Crippen LogP contribution in [0.25, 0.3) is 0 Å². The molecule has 0 unspecified atom stereocenters. The van der Waals surface area contributed by atoms with Gasteiger partial charge >= 0.3 is 0 Å². The van der Waals surface area contributed by atoms with Crippen molar-refractivity contribution < 1.29 is 0 Å². The van der Waals surface area contributed by atoms with Gasteiger partial charge in [-0.15, -0.1) is 0 Å². The van der Waals surface area contributed by atoms with Crippen LogP contribution in [0.3, 0.4) is 0 Å². The Balaban J connectivity index is -0.0000000133. The highest BCUT2D eigenvalue weighted by molar-refractivity contribution is 3.54. The summed E-state index contributed by atoms with van der Waals surface area (Å²) in [5, 5.41) is 0. The van der Waals surface area contributed by atoms with Crippen LogP contribution in [0.15, 0.2) is 0 Å². The Morgan fingerprint density at radius 2 is 0.500 bits per heavy atom. The van der Waals surface area contributed by atoms with E-state index in [1.165, 1.54) is 14.1 Å². The minimum Gasteiger partial charge on any atom is -0.333 e. The molecule has 2 nitrogen and oxygen atoms in total. The number of hydrogen-bond acceptors (Lipinski definition) is 2. The molecule has 0 aromatic carbocycles. The fourth-order valence-electron chi connectivity index (χ4n) is 0. The van der Waals surface area contributed by atoms with Gasteiger partial charge in [0.05, 0.1) is 0 Å². The molecule has 0 aromatic heterocycles. The molecular formula is C6H22N2. The summed E-state index contributed by atoms with van der Waals surface area (Å²) in [6, 6.07) is 0. The molecule has 2 heteroatoms. The van der Waals surface area contributed by atoms with Crippen LogP contribution < -0.4 is 11.5 Å². The smallest absolute Gasteiger partial charge is 0.0195 e. The molecule has 0 fully saturated rings. The summed E-state index contributed by atoms with van der Waals surface area (Å²) in [5.41, 5.74) is 9.00. The molecule has 56 valence electrons. The monoisotopic (exact) mass is 122 g/mol. The van der Waals surface area contributed by atoms with E-state index in [-0.39, 0.29) is 0 Å². The van der Waals surface area contributed by atoms with E-state index in [0.717, 1.165) is 0 Å². The molecule has 0 radical (unpaired) electrons. The molecule has 0 aliphatic rings. The lowest BCUT2D eigenvalue weighted by molar-refractivity contribution is 1.48. The molecule has 0 bridgehead atoms. The van der Waals surface area contributed by atoms with Gasteiger partial charge in [-0.05, 0) is 14.1 Å². The summed E-state index contributed by atoms with van der Waals surface area (Å²) >= 11 is 0. The second kappa shape index (κ2) is 37900. The predicted molar refractivity (Wildman–Crippen MR) is 42.9 cm³/mol. The topological polar surface area (TPSA) is 52.0 Å². The van der Waals surface area contributed by atoms with E-state index >= 15 is 0 Å². The third kappa shape index (κ3) is 22400. The van der Waals surface area contributed by atoms with Gasteiger partial charge in [-0.3, -0.25) is 0 Å². The van der Waals surface area contributed by atoms with Crippen LogP contribution in [0.1, 0.15) is 27.7 Å². The largest absolute Gasteiger partial charge is 0.333 e. The molecule has 4 N–H and O–H groups in total. The molecule has 0 rings (SSSR count). The Bertz CT molecular complexity index is 6.49. The van der Waals surface area contributed by atoms with Crippen molar-refractivity contribution >= 4 is 0 Å². The molecule has 0 atom stereocenters.